The first-order valence-corrected chi connectivity index (χ1v) is 20.8. The summed E-state index contributed by atoms with van der Waals surface area (Å²) < 4.78 is 34.6. The molecule has 6 aromatic heterocycles. The number of fused-ring (bicyclic) bond motifs is 6. The van der Waals surface area contributed by atoms with E-state index in [1.807, 2.05) is 37.3 Å². The van der Waals surface area contributed by atoms with Gasteiger partial charge in [0.15, 0.2) is 23.3 Å². The van der Waals surface area contributed by atoms with E-state index >= 15 is 8.78 Å². The molecule has 12 aromatic rings. The molecule has 12 rings (SSSR count). The molecule has 6 heterocycles. The number of halogens is 2. The summed E-state index contributed by atoms with van der Waals surface area (Å²) in [6, 6.07) is 39.9. The van der Waals surface area contributed by atoms with Crippen LogP contribution >= 0.6 is 0 Å². The van der Waals surface area contributed by atoms with Crippen LogP contribution in [-0.4, -0.2) is 49.0 Å². The van der Waals surface area contributed by atoms with Gasteiger partial charge in [0.1, 0.15) is 11.6 Å². The highest BCUT2D eigenvalue weighted by atomic mass is 19.1. The van der Waals surface area contributed by atoms with Crippen LogP contribution in [0.3, 0.4) is 0 Å². The normalized spacial score (nSPS) is 11.6. The van der Waals surface area contributed by atoms with Gasteiger partial charge in [0.2, 0.25) is 0 Å². The molecule has 0 aliphatic carbocycles. The predicted molar refractivity (Wildman–Crippen MR) is 249 cm³/mol. The zero-order valence-electron chi connectivity index (χ0n) is 34.5. The summed E-state index contributed by atoms with van der Waals surface area (Å²) >= 11 is 0. The minimum atomic E-state index is -0.660. The number of aromatic nitrogens is 10. The first kappa shape index (κ1) is 37.8. The summed E-state index contributed by atoms with van der Waals surface area (Å²) in [5, 5.41) is 3.80. The lowest BCUT2D eigenvalue weighted by Gasteiger charge is -2.20. The number of rotatable bonds is 7. The van der Waals surface area contributed by atoms with Gasteiger partial charge in [-0.3, -0.25) is 0 Å². The smallest absolute Gasteiger partial charge is 0.159 e. The Bertz CT molecular complexity index is 3590. The number of hydrogen-bond acceptors (Lipinski definition) is 8. The lowest BCUT2D eigenvalue weighted by molar-refractivity contribution is 0.584. The first-order chi connectivity index (χ1) is 31.9. The van der Waals surface area contributed by atoms with Crippen LogP contribution in [-0.2, 0) is 0 Å². The molecule has 0 radical (unpaired) electrons. The molecule has 6 aromatic carbocycles. The molecule has 0 aliphatic heterocycles. The molecule has 0 amide bonds. The Morgan fingerprint density at radius 1 is 0.338 bits per heavy atom. The van der Waals surface area contributed by atoms with Crippen molar-refractivity contribution in [3.8, 4) is 68.1 Å². The van der Waals surface area contributed by atoms with Crippen LogP contribution in [0.15, 0.2) is 177 Å². The molecule has 0 saturated carbocycles. The van der Waals surface area contributed by atoms with Crippen molar-refractivity contribution in [3.05, 3.63) is 194 Å². The SMILES string of the molecule is Cc1cc(-n2c3ccc(-c4ncccn4)cc3c3cc(-c4ncccn4)ccc32)c(-n2c3ccc(-c4ncccn4)cc3c3cc(-c4ncccn4)ccc32)cc1-c1cc(F)cc(F)c1. The maximum Gasteiger partial charge on any atom is 0.159 e. The van der Waals surface area contributed by atoms with Gasteiger partial charge < -0.3 is 9.13 Å². The van der Waals surface area contributed by atoms with E-state index in [0.29, 0.717) is 34.4 Å². The zero-order valence-corrected chi connectivity index (χ0v) is 34.5. The fraction of sp³-hybridized carbons (Fsp3) is 0.0189. The predicted octanol–water partition coefficient (Wildman–Crippen LogP) is 12.0. The summed E-state index contributed by atoms with van der Waals surface area (Å²) in [5.74, 6) is 1.07. The van der Waals surface area contributed by atoms with Gasteiger partial charge in [-0.15, -0.1) is 0 Å². The Morgan fingerprint density at radius 2 is 0.646 bits per heavy atom. The standard InChI is InChI=1S/C53H32F2N10/c1-31-22-48(64-44-10-6-32(50-56-14-2-15-57-50)25-40(44)41-26-33(7-11-45(41)64)51-58-16-3-17-59-51)49(30-39(31)36-23-37(54)29-38(55)24-36)65-46-12-8-34(52-60-18-4-19-61-52)27-42(46)43-28-35(9-13-47(43)65)53-62-20-5-21-63-53/h2-30H,1H3. The Hall–Kier alpha value is -8.90. The van der Waals surface area contributed by atoms with Crippen LogP contribution in [0.5, 0.6) is 0 Å². The van der Waals surface area contributed by atoms with Gasteiger partial charge in [-0.2, -0.15) is 0 Å². The number of aryl methyl sites for hydroxylation is 1. The van der Waals surface area contributed by atoms with Crippen LogP contribution in [0, 0.1) is 18.6 Å². The van der Waals surface area contributed by atoms with Crippen molar-refractivity contribution in [1.29, 1.82) is 0 Å². The third-order valence-electron chi connectivity index (χ3n) is 11.8. The number of hydrogen-bond donors (Lipinski definition) is 0. The molecule has 0 N–H and O–H groups in total. The highest BCUT2D eigenvalue weighted by Crippen LogP contribution is 2.43. The van der Waals surface area contributed by atoms with Gasteiger partial charge in [-0.05, 0) is 145 Å². The van der Waals surface area contributed by atoms with E-state index in [9.17, 15) is 0 Å². The van der Waals surface area contributed by atoms with Crippen molar-refractivity contribution >= 4 is 43.6 Å². The van der Waals surface area contributed by atoms with Crippen LogP contribution in [0.2, 0.25) is 0 Å². The minimum Gasteiger partial charge on any atom is -0.307 e. The van der Waals surface area contributed by atoms with E-state index in [2.05, 4.69) is 104 Å². The number of nitrogens with zero attached hydrogens (tertiary/aromatic N) is 10. The second-order valence-electron chi connectivity index (χ2n) is 15.7. The van der Waals surface area contributed by atoms with Crippen molar-refractivity contribution in [1.82, 2.24) is 49.0 Å². The third-order valence-corrected chi connectivity index (χ3v) is 11.8. The molecule has 308 valence electrons. The lowest BCUT2D eigenvalue weighted by atomic mass is 9.98. The van der Waals surface area contributed by atoms with E-state index in [0.717, 1.165) is 88.9 Å². The van der Waals surface area contributed by atoms with E-state index in [1.165, 1.54) is 12.1 Å². The average Bonchev–Trinajstić information content (AvgIpc) is 3.85. The largest absolute Gasteiger partial charge is 0.307 e. The molecule has 0 unspecified atom stereocenters. The van der Waals surface area contributed by atoms with Crippen molar-refractivity contribution in [2.75, 3.05) is 0 Å². The molecule has 0 spiro atoms. The molecule has 12 heteroatoms. The highest BCUT2D eigenvalue weighted by molar-refractivity contribution is 6.14. The van der Waals surface area contributed by atoms with Crippen molar-refractivity contribution in [2.45, 2.75) is 6.92 Å². The second kappa shape index (κ2) is 15.2. The highest BCUT2D eigenvalue weighted by Gasteiger charge is 2.24. The average molecular weight is 847 g/mol. The van der Waals surface area contributed by atoms with Crippen molar-refractivity contribution in [3.63, 3.8) is 0 Å². The Labute approximate surface area is 369 Å². The third kappa shape index (κ3) is 6.46. The Balaban J connectivity index is 1.20. The fourth-order valence-corrected chi connectivity index (χ4v) is 8.97. The molecular formula is C53H32F2N10. The summed E-state index contributed by atoms with van der Waals surface area (Å²) in [4.78, 5) is 36.6. The summed E-state index contributed by atoms with van der Waals surface area (Å²) in [6.07, 6.45) is 13.9. The topological polar surface area (TPSA) is 113 Å². The molecular weight excluding hydrogens is 815 g/mol. The lowest BCUT2D eigenvalue weighted by Crippen LogP contribution is -2.05. The van der Waals surface area contributed by atoms with Gasteiger partial charge in [0.05, 0.1) is 33.4 Å². The zero-order chi connectivity index (χ0) is 43.6. The maximum absolute atomic E-state index is 15.1. The van der Waals surface area contributed by atoms with Gasteiger partial charge in [0.25, 0.3) is 0 Å². The van der Waals surface area contributed by atoms with Gasteiger partial charge >= 0.3 is 0 Å². The molecule has 0 saturated heterocycles. The molecule has 0 bridgehead atoms. The Morgan fingerprint density at radius 3 is 0.969 bits per heavy atom. The van der Waals surface area contributed by atoms with E-state index in [-0.39, 0.29) is 0 Å². The Kier molecular flexibility index (Phi) is 8.83. The molecule has 0 fully saturated rings. The summed E-state index contributed by atoms with van der Waals surface area (Å²) in [6.45, 7) is 1.97. The monoisotopic (exact) mass is 846 g/mol. The molecule has 0 atom stereocenters. The second-order valence-corrected chi connectivity index (χ2v) is 15.7. The first-order valence-electron chi connectivity index (χ1n) is 20.8. The fourth-order valence-electron chi connectivity index (χ4n) is 8.97. The van der Waals surface area contributed by atoms with Crippen molar-refractivity contribution in [2.24, 2.45) is 0 Å². The van der Waals surface area contributed by atoms with Crippen LogP contribution in [0.4, 0.5) is 8.78 Å². The van der Waals surface area contributed by atoms with Gasteiger partial charge in [-0.25, -0.2) is 48.7 Å². The quantitative estimate of drug-likeness (QED) is 0.156. The van der Waals surface area contributed by atoms with E-state index < -0.39 is 11.6 Å². The van der Waals surface area contributed by atoms with Crippen LogP contribution in [0.1, 0.15) is 5.56 Å². The van der Waals surface area contributed by atoms with Gasteiger partial charge in [0, 0.05) is 99.4 Å². The van der Waals surface area contributed by atoms with E-state index in [1.54, 1.807) is 73.8 Å². The number of benzene rings is 6. The summed E-state index contributed by atoms with van der Waals surface area (Å²) in [5.41, 5.74) is 10.5. The minimum absolute atomic E-state index is 0.419. The summed E-state index contributed by atoms with van der Waals surface area (Å²) in [7, 11) is 0. The molecule has 10 nitrogen and oxygen atoms in total. The van der Waals surface area contributed by atoms with Gasteiger partial charge in [-0.1, -0.05) is 0 Å². The molecule has 0 aliphatic rings. The van der Waals surface area contributed by atoms with Crippen LogP contribution in [0.25, 0.3) is 112 Å². The maximum atomic E-state index is 15.1. The van der Waals surface area contributed by atoms with Crippen LogP contribution < -0.4 is 0 Å². The molecule has 65 heavy (non-hydrogen) atoms. The van der Waals surface area contributed by atoms with Crippen molar-refractivity contribution < 1.29 is 8.78 Å². The van der Waals surface area contributed by atoms with E-state index in [4.69, 9.17) is 0 Å².